The molecule has 0 aromatic rings. The second kappa shape index (κ2) is 7.99. The smallest absolute Gasteiger partial charge is 0.317 e. The Morgan fingerprint density at radius 3 is 2.67 bits per heavy atom. The number of rotatable bonds is 4. The molecule has 1 saturated heterocycles. The topological polar surface area (TPSA) is 55.8 Å². The van der Waals surface area contributed by atoms with Gasteiger partial charge in [-0.1, -0.05) is 19.3 Å². The molecule has 2 aliphatic rings. The van der Waals surface area contributed by atoms with Gasteiger partial charge < -0.3 is 15.3 Å². The van der Waals surface area contributed by atoms with E-state index in [4.69, 9.17) is 5.11 Å². The maximum absolute atomic E-state index is 12.2. The van der Waals surface area contributed by atoms with E-state index in [1.807, 2.05) is 6.92 Å². The quantitative estimate of drug-likeness (QED) is 0.832. The predicted octanol–water partition coefficient (Wildman–Crippen LogP) is 1.81. The molecule has 2 fully saturated rings. The summed E-state index contributed by atoms with van der Waals surface area (Å²) in [6.45, 7) is 4.02. The van der Waals surface area contributed by atoms with Crippen LogP contribution in [0.3, 0.4) is 0 Å². The minimum absolute atomic E-state index is 0.00276. The van der Waals surface area contributed by atoms with Crippen molar-refractivity contribution in [3.63, 3.8) is 0 Å². The Bertz CT molecular complexity index is 331. The summed E-state index contributed by atoms with van der Waals surface area (Å²) in [6, 6.07) is 0.782. The molecule has 122 valence electrons. The van der Waals surface area contributed by atoms with Crippen molar-refractivity contribution >= 4 is 6.03 Å². The normalized spacial score (nSPS) is 26.3. The summed E-state index contributed by atoms with van der Waals surface area (Å²) >= 11 is 0. The first-order chi connectivity index (χ1) is 10.1. The van der Waals surface area contributed by atoms with Crippen LogP contribution in [0.4, 0.5) is 4.79 Å². The zero-order valence-corrected chi connectivity index (χ0v) is 13.6. The molecule has 2 amide bonds. The largest absolute Gasteiger partial charge is 0.394 e. The maximum Gasteiger partial charge on any atom is 0.317 e. The van der Waals surface area contributed by atoms with Gasteiger partial charge in [0.1, 0.15) is 0 Å². The van der Waals surface area contributed by atoms with E-state index in [2.05, 4.69) is 10.2 Å². The Kier molecular flexibility index (Phi) is 6.30. The van der Waals surface area contributed by atoms with E-state index in [1.54, 1.807) is 11.9 Å². The molecule has 1 aliphatic heterocycles. The lowest BCUT2D eigenvalue weighted by Gasteiger charge is -2.40. The minimum atomic E-state index is -0.136. The van der Waals surface area contributed by atoms with E-state index in [0.717, 1.165) is 19.0 Å². The molecule has 5 heteroatoms. The molecule has 2 unspecified atom stereocenters. The summed E-state index contributed by atoms with van der Waals surface area (Å²) in [7, 11) is 1.75. The number of carbonyl (C=O) groups excluding carboxylic acids is 1. The summed E-state index contributed by atoms with van der Waals surface area (Å²) < 4.78 is 0. The van der Waals surface area contributed by atoms with E-state index >= 15 is 0 Å². The number of likely N-dealkylation sites (N-methyl/N-ethyl adjacent to an activating group) is 1. The molecule has 0 bridgehead atoms. The highest BCUT2D eigenvalue weighted by molar-refractivity contribution is 5.74. The number of hydrogen-bond donors (Lipinski definition) is 2. The molecule has 2 N–H and O–H groups in total. The summed E-state index contributed by atoms with van der Waals surface area (Å²) in [5, 5.41) is 12.3. The second-order valence-electron chi connectivity index (χ2n) is 6.72. The van der Waals surface area contributed by atoms with Gasteiger partial charge in [-0.05, 0) is 39.2 Å². The number of aliphatic hydroxyl groups excluding tert-OH is 1. The van der Waals surface area contributed by atoms with Crippen molar-refractivity contribution in [1.29, 1.82) is 0 Å². The number of aliphatic hydroxyl groups is 1. The molecule has 5 nitrogen and oxygen atoms in total. The van der Waals surface area contributed by atoms with Crippen LogP contribution < -0.4 is 5.32 Å². The number of piperidine rings is 1. The first-order valence-corrected chi connectivity index (χ1v) is 8.50. The van der Waals surface area contributed by atoms with Gasteiger partial charge in [-0.2, -0.15) is 0 Å². The van der Waals surface area contributed by atoms with E-state index in [9.17, 15) is 4.79 Å². The monoisotopic (exact) mass is 297 g/mol. The molecular weight excluding hydrogens is 266 g/mol. The summed E-state index contributed by atoms with van der Waals surface area (Å²) in [5.74, 6) is 0. The molecule has 0 aromatic carbocycles. The van der Waals surface area contributed by atoms with Crippen LogP contribution in [0.25, 0.3) is 0 Å². The van der Waals surface area contributed by atoms with Crippen LogP contribution in [0.5, 0.6) is 0 Å². The van der Waals surface area contributed by atoms with Gasteiger partial charge in [-0.3, -0.25) is 4.90 Å². The van der Waals surface area contributed by atoms with E-state index in [0.29, 0.717) is 0 Å². The second-order valence-corrected chi connectivity index (χ2v) is 6.72. The molecule has 21 heavy (non-hydrogen) atoms. The Morgan fingerprint density at radius 1 is 1.29 bits per heavy atom. The predicted molar refractivity (Wildman–Crippen MR) is 84.3 cm³/mol. The van der Waals surface area contributed by atoms with Gasteiger partial charge in [0, 0.05) is 25.7 Å². The Balaban J connectivity index is 1.81. The molecule has 2 rings (SSSR count). The summed E-state index contributed by atoms with van der Waals surface area (Å²) in [6.07, 6.45) is 8.97. The number of urea groups is 1. The van der Waals surface area contributed by atoms with Crippen LogP contribution in [0.15, 0.2) is 0 Å². The van der Waals surface area contributed by atoms with Crippen LogP contribution in [0.1, 0.15) is 51.9 Å². The van der Waals surface area contributed by atoms with Gasteiger partial charge in [-0.25, -0.2) is 4.79 Å². The van der Waals surface area contributed by atoms with Crippen molar-refractivity contribution in [2.24, 2.45) is 0 Å². The van der Waals surface area contributed by atoms with Crippen molar-refractivity contribution < 1.29 is 9.90 Å². The van der Waals surface area contributed by atoms with Crippen LogP contribution in [-0.2, 0) is 0 Å². The number of likely N-dealkylation sites (tertiary alicyclic amines) is 1. The molecule has 0 radical (unpaired) electrons. The van der Waals surface area contributed by atoms with Crippen molar-refractivity contribution in [3.8, 4) is 0 Å². The summed E-state index contributed by atoms with van der Waals surface area (Å²) in [4.78, 5) is 16.4. The lowest BCUT2D eigenvalue weighted by Crippen LogP contribution is -2.54. The van der Waals surface area contributed by atoms with Gasteiger partial charge in [0.2, 0.25) is 0 Å². The lowest BCUT2D eigenvalue weighted by atomic mass is 9.92. The van der Waals surface area contributed by atoms with Crippen molar-refractivity contribution in [1.82, 2.24) is 15.1 Å². The van der Waals surface area contributed by atoms with Gasteiger partial charge >= 0.3 is 6.03 Å². The molecule has 2 atom stereocenters. The van der Waals surface area contributed by atoms with Gasteiger partial charge in [0.05, 0.1) is 12.6 Å². The van der Waals surface area contributed by atoms with Gasteiger partial charge in [-0.15, -0.1) is 0 Å². The first-order valence-electron chi connectivity index (χ1n) is 8.50. The molecular formula is C16H31N3O2. The molecule has 0 aromatic heterocycles. The van der Waals surface area contributed by atoms with Gasteiger partial charge in [0.25, 0.3) is 0 Å². The van der Waals surface area contributed by atoms with Crippen LogP contribution in [0, 0.1) is 0 Å². The molecule has 0 spiro atoms. The highest BCUT2D eigenvalue weighted by atomic mass is 16.3. The average Bonchev–Trinajstić information content (AvgIpc) is 2.54. The number of carbonyl (C=O) groups is 1. The van der Waals surface area contributed by atoms with E-state index in [1.165, 1.54) is 45.1 Å². The fraction of sp³-hybridized carbons (Fsp3) is 0.938. The molecule has 1 saturated carbocycles. The van der Waals surface area contributed by atoms with E-state index < -0.39 is 0 Å². The van der Waals surface area contributed by atoms with Crippen LogP contribution >= 0.6 is 0 Å². The third-order valence-electron chi connectivity index (χ3n) is 5.12. The lowest BCUT2D eigenvalue weighted by molar-refractivity contribution is 0.106. The maximum atomic E-state index is 12.2. The average molecular weight is 297 g/mol. The van der Waals surface area contributed by atoms with Crippen molar-refractivity contribution in [3.05, 3.63) is 0 Å². The zero-order valence-electron chi connectivity index (χ0n) is 13.6. The Hall–Kier alpha value is -0.810. The zero-order chi connectivity index (χ0) is 15.2. The SMILES string of the molecule is CC(CO)N(C)C(=O)NC1CCCN(C2CCCCC2)C1. The Labute approximate surface area is 128 Å². The highest BCUT2D eigenvalue weighted by Crippen LogP contribution is 2.25. The fourth-order valence-electron chi connectivity index (χ4n) is 3.50. The molecule has 1 heterocycles. The van der Waals surface area contributed by atoms with Crippen molar-refractivity contribution in [2.45, 2.75) is 70.0 Å². The fourth-order valence-corrected chi connectivity index (χ4v) is 3.50. The first kappa shape index (κ1) is 16.6. The minimum Gasteiger partial charge on any atom is -0.394 e. The third-order valence-corrected chi connectivity index (χ3v) is 5.12. The Morgan fingerprint density at radius 2 is 2.00 bits per heavy atom. The third kappa shape index (κ3) is 4.58. The number of nitrogens with one attached hydrogen (secondary N) is 1. The van der Waals surface area contributed by atoms with E-state index in [-0.39, 0.29) is 24.7 Å². The number of amides is 2. The number of hydrogen-bond acceptors (Lipinski definition) is 3. The highest BCUT2D eigenvalue weighted by Gasteiger charge is 2.28. The van der Waals surface area contributed by atoms with Crippen LogP contribution in [-0.4, -0.2) is 65.8 Å². The van der Waals surface area contributed by atoms with Crippen molar-refractivity contribution in [2.75, 3.05) is 26.7 Å². The van der Waals surface area contributed by atoms with Crippen LogP contribution in [0.2, 0.25) is 0 Å². The number of nitrogens with zero attached hydrogens (tertiary/aromatic N) is 2. The molecule has 1 aliphatic carbocycles. The summed E-state index contributed by atoms with van der Waals surface area (Å²) in [5.41, 5.74) is 0. The standard InChI is InChI=1S/C16H31N3O2/c1-13(12-20)18(2)16(21)17-14-7-6-10-19(11-14)15-8-4-3-5-9-15/h13-15,20H,3-12H2,1-2H3,(H,17,21). The van der Waals surface area contributed by atoms with Gasteiger partial charge in [0.15, 0.2) is 0 Å².